The molecule has 1 amide bonds. The van der Waals surface area contributed by atoms with Crippen LogP contribution >= 0.6 is 11.3 Å². The van der Waals surface area contributed by atoms with E-state index < -0.39 is 0 Å². The first-order valence-electron chi connectivity index (χ1n) is 6.09. The summed E-state index contributed by atoms with van der Waals surface area (Å²) in [4.78, 5) is 27.5. The molecule has 4 nitrogen and oxygen atoms in total. The Morgan fingerprint density at radius 2 is 2.21 bits per heavy atom. The summed E-state index contributed by atoms with van der Waals surface area (Å²) < 4.78 is 0. The lowest BCUT2D eigenvalue weighted by molar-refractivity contribution is 0.0938. The molecule has 1 atom stereocenters. The highest BCUT2D eigenvalue weighted by Gasteiger charge is 2.13. The molecular weight excluding hydrogens is 260 g/mol. The van der Waals surface area contributed by atoms with Crippen molar-refractivity contribution in [2.45, 2.75) is 26.3 Å². The zero-order valence-electron chi connectivity index (χ0n) is 10.9. The van der Waals surface area contributed by atoms with Gasteiger partial charge < -0.3 is 10.3 Å². The van der Waals surface area contributed by atoms with Gasteiger partial charge >= 0.3 is 0 Å². The number of amides is 1. The van der Waals surface area contributed by atoms with E-state index in [0.717, 1.165) is 12.1 Å². The van der Waals surface area contributed by atoms with Crippen molar-refractivity contribution in [3.05, 3.63) is 56.1 Å². The average Bonchev–Trinajstić information content (AvgIpc) is 2.81. The lowest BCUT2D eigenvalue weighted by Crippen LogP contribution is -2.37. The number of H-pyrrole nitrogens is 1. The van der Waals surface area contributed by atoms with Gasteiger partial charge in [0.2, 0.25) is 0 Å². The molecule has 0 saturated heterocycles. The Kier molecular flexibility index (Phi) is 4.16. The monoisotopic (exact) mass is 276 g/mol. The fourth-order valence-corrected chi connectivity index (χ4v) is 2.67. The summed E-state index contributed by atoms with van der Waals surface area (Å²) in [6.07, 6.45) is 0.771. The molecule has 0 fully saturated rings. The van der Waals surface area contributed by atoms with Crippen LogP contribution in [-0.4, -0.2) is 16.9 Å². The largest absolute Gasteiger partial charge is 0.349 e. The Labute approximate surface area is 115 Å². The van der Waals surface area contributed by atoms with Crippen LogP contribution in [-0.2, 0) is 6.42 Å². The van der Waals surface area contributed by atoms with E-state index in [1.807, 2.05) is 24.4 Å². The molecule has 0 aliphatic heterocycles. The lowest BCUT2D eigenvalue weighted by Gasteiger charge is -2.12. The molecule has 2 rings (SSSR count). The molecular formula is C14H16N2O2S. The summed E-state index contributed by atoms with van der Waals surface area (Å²) >= 11 is 1.66. The molecule has 0 aliphatic carbocycles. The maximum Gasteiger partial charge on any atom is 0.260 e. The standard InChI is InChI=1S/C14H16N2O2S/c1-9-5-6-12(13(17)15-9)14(18)16-10(2)8-11-4-3-7-19-11/h3-7,10H,8H2,1-2H3,(H,15,17)(H,16,18). The molecule has 0 aliphatic rings. The van der Waals surface area contributed by atoms with Gasteiger partial charge in [0.15, 0.2) is 0 Å². The number of aromatic amines is 1. The minimum absolute atomic E-state index is 0.00754. The smallest absolute Gasteiger partial charge is 0.260 e. The molecule has 1 unspecified atom stereocenters. The first-order chi connectivity index (χ1) is 9.06. The predicted octanol–water partition coefficient (Wildman–Crippen LogP) is 2.11. The van der Waals surface area contributed by atoms with Crippen LogP contribution in [0.1, 0.15) is 27.9 Å². The molecule has 0 saturated carbocycles. The van der Waals surface area contributed by atoms with Gasteiger partial charge in [-0.25, -0.2) is 0 Å². The number of carbonyl (C=O) groups is 1. The van der Waals surface area contributed by atoms with Crippen molar-refractivity contribution in [2.24, 2.45) is 0 Å². The molecule has 2 heterocycles. The van der Waals surface area contributed by atoms with Crippen LogP contribution in [0.3, 0.4) is 0 Å². The van der Waals surface area contributed by atoms with E-state index in [2.05, 4.69) is 10.3 Å². The number of rotatable bonds is 4. The SMILES string of the molecule is Cc1ccc(C(=O)NC(C)Cc2cccs2)c(=O)[nH]1. The van der Waals surface area contributed by atoms with Crippen molar-refractivity contribution in [2.75, 3.05) is 0 Å². The van der Waals surface area contributed by atoms with Gasteiger partial charge in [-0.3, -0.25) is 9.59 Å². The van der Waals surface area contributed by atoms with Crippen LogP contribution in [0.25, 0.3) is 0 Å². The highest BCUT2D eigenvalue weighted by Crippen LogP contribution is 2.11. The number of aryl methyl sites for hydroxylation is 1. The molecule has 100 valence electrons. The Balaban J connectivity index is 2.02. The van der Waals surface area contributed by atoms with E-state index in [-0.39, 0.29) is 23.1 Å². The van der Waals surface area contributed by atoms with Gasteiger partial charge in [0.05, 0.1) is 0 Å². The van der Waals surface area contributed by atoms with Crippen LogP contribution in [0.4, 0.5) is 0 Å². The van der Waals surface area contributed by atoms with Crippen LogP contribution in [0, 0.1) is 6.92 Å². The molecule has 2 aromatic heterocycles. The third-order valence-electron chi connectivity index (χ3n) is 2.76. The Morgan fingerprint density at radius 3 is 2.84 bits per heavy atom. The van der Waals surface area contributed by atoms with Crippen molar-refractivity contribution in [1.82, 2.24) is 10.3 Å². The topological polar surface area (TPSA) is 62.0 Å². The minimum atomic E-state index is -0.346. The van der Waals surface area contributed by atoms with E-state index in [1.54, 1.807) is 30.4 Å². The zero-order chi connectivity index (χ0) is 13.8. The van der Waals surface area contributed by atoms with Gasteiger partial charge in [-0.1, -0.05) is 6.07 Å². The van der Waals surface area contributed by atoms with E-state index in [1.165, 1.54) is 4.88 Å². The second-order valence-corrected chi connectivity index (χ2v) is 5.57. The summed E-state index contributed by atoms with van der Waals surface area (Å²) in [5, 5.41) is 4.85. The Bertz CT molecular complexity index is 617. The summed E-state index contributed by atoms with van der Waals surface area (Å²) in [7, 11) is 0. The van der Waals surface area contributed by atoms with E-state index >= 15 is 0 Å². The summed E-state index contributed by atoms with van der Waals surface area (Å²) in [5.41, 5.74) is 0.553. The van der Waals surface area contributed by atoms with Gasteiger partial charge in [-0.05, 0) is 37.4 Å². The van der Waals surface area contributed by atoms with Gasteiger partial charge in [0, 0.05) is 23.0 Å². The third-order valence-corrected chi connectivity index (χ3v) is 3.66. The van der Waals surface area contributed by atoms with E-state index in [9.17, 15) is 9.59 Å². The number of aromatic nitrogens is 1. The summed E-state index contributed by atoms with van der Waals surface area (Å²) in [6.45, 7) is 3.71. The van der Waals surface area contributed by atoms with Crippen LogP contribution in [0.5, 0.6) is 0 Å². The van der Waals surface area contributed by atoms with Gasteiger partial charge in [-0.2, -0.15) is 0 Å². The minimum Gasteiger partial charge on any atom is -0.349 e. The number of pyridine rings is 1. The summed E-state index contributed by atoms with van der Waals surface area (Å²) in [6, 6.07) is 7.29. The fraction of sp³-hybridized carbons (Fsp3) is 0.286. The maximum absolute atomic E-state index is 12.0. The average molecular weight is 276 g/mol. The van der Waals surface area contributed by atoms with E-state index in [0.29, 0.717) is 0 Å². The molecule has 0 spiro atoms. The molecule has 0 aromatic carbocycles. The van der Waals surface area contributed by atoms with E-state index in [4.69, 9.17) is 0 Å². The first kappa shape index (κ1) is 13.5. The Morgan fingerprint density at radius 1 is 1.42 bits per heavy atom. The third kappa shape index (κ3) is 3.54. The molecule has 0 bridgehead atoms. The molecule has 2 aromatic rings. The molecule has 0 radical (unpaired) electrons. The predicted molar refractivity (Wildman–Crippen MR) is 76.8 cm³/mol. The maximum atomic E-state index is 12.0. The second-order valence-electron chi connectivity index (χ2n) is 4.54. The van der Waals surface area contributed by atoms with Gasteiger partial charge in [-0.15, -0.1) is 11.3 Å². The first-order valence-corrected chi connectivity index (χ1v) is 6.97. The van der Waals surface area contributed by atoms with Crippen molar-refractivity contribution in [3.8, 4) is 0 Å². The van der Waals surface area contributed by atoms with Gasteiger partial charge in [0.25, 0.3) is 11.5 Å². The van der Waals surface area contributed by atoms with Crippen LogP contribution < -0.4 is 10.9 Å². The number of carbonyl (C=O) groups excluding carboxylic acids is 1. The number of nitrogens with one attached hydrogen (secondary N) is 2. The summed E-state index contributed by atoms with van der Waals surface area (Å²) in [5.74, 6) is -0.328. The number of hydrogen-bond donors (Lipinski definition) is 2. The van der Waals surface area contributed by atoms with Gasteiger partial charge in [0.1, 0.15) is 5.56 Å². The molecule has 2 N–H and O–H groups in total. The quantitative estimate of drug-likeness (QED) is 0.898. The highest BCUT2D eigenvalue weighted by atomic mass is 32.1. The van der Waals surface area contributed by atoms with Crippen molar-refractivity contribution in [3.63, 3.8) is 0 Å². The van der Waals surface area contributed by atoms with Crippen molar-refractivity contribution in [1.29, 1.82) is 0 Å². The lowest BCUT2D eigenvalue weighted by atomic mass is 10.2. The Hall–Kier alpha value is -1.88. The fourth-order valence-electron chi connectivity index (χ4n) is 1.83. The number of hydrogen-bond acceptors (Lipinski definition) is 3. The van der Waals surface area contributed by atoms with Crippen LogP contribution in [0.2, 0.25) is 0 Å². The number of thiophene rings is 1. The van der Waals surface area contributed by atoms with Crippen molar-refractivity contribution >= 4 is 17.2 Å². The second kappa shape index (κ2) is 5.84. The van der Waals surface area contributed by atoms with Crippen molar-refractivity contribution < 1.29 is 4.79 Å². The van der Waals surface area contributed by atoms with Crippen LogP contribution in [0.15, 0.2) is 34.4 Å². The molecule has 5 heteroatoms. The molecule has 19 heavy (non-hydrogen) atoms. The zero-order valence-corrected chi connectivity index (χ0v) is 11.7. The normalized spacial score (nSPS) is 12.1. The highest BCUT2D eigenvalue weighted by molar-refractivity contribution is 7.09.